The quantitative estimate of drug-likeness (QED) is 0.751. The van der Waals surface area contributed by atoms with Crippen LogP contribution in [0.15, 0.2) is 10.9 Å². The average Bonchev–Trinajstić information content (AvgIpc) is 2.85. The smallest absolute Gasteiger partial charge is 0.410 e. The molecule has 1 fully saturated rings. The first-order valence-electron chi connectivity index (χ1n) is 5.73. The Morgan fingerprint density at radius 2 is 2.35 bits per heavy atom. The molecular weight excluding hydrogens is 222 g/mol. The van der Waals surface area contributed by atoms with E-state index < -0.39 is 5.60 Å². The van der Waals surface area contributed by atoms with Crippen LogP contribution < -0.4 is 0 Å². The fourth-order valence-electron chi connectivity index (χ4n) is 1.90. The summed E-state index contributed by atoms with van der Waals surface area (Å²) in [5.74, 6) is 0.549. The van der Waals surface area contributed by atoms with E-state index >= 15 is 0 Å². The Kier molecular flexibility index (Phi) is 3.04. The molecule has 1 atom stereocenters. The van der Waals surface area contributed by atoms with E-state index in [1.54, 1.807) is 4.90 Å². The Hall–Kier alpha value is -1.59. The highest BCUT2D eigenvalue weighted by atomic mass is 16.6. The van der Waals surface area contributed by atoms with E-state index in [1.807, 2.05) is 20.8 Å². The molecule has 0 radical (unpaired) electrons. The first kappa shape index (κ1) is 11.9. The lowest BCUT2D eigenvalue weighted by atomic mass is 10.2. The van der Waals surface area contributed by atoms with Crippen molar-refractivity contribution in [2.24, 2.45) is 0 Å². The van der Waals surface area contributed by atoms with Gasteiger partial charge in [-0.3, -0.25) is 4.90 Å². The molecule has 2 rings (SSSR count). The van der Waals surface area contributed by atoms with Crippen LogP contribution in [0.1, 0.15) is 45.5 Å². The van der Waals surface area contributed by atoms with Crippen molar-refractivity contribution in [2.75, 3.05) is 6.54 Å². The Morgan fingerprint density at radius 3 is 2.94 bits per heavy atom. The molecule has 6 nitrogen and oxygen atoms in total. The molecule has 6 heteroatoms. The minimum absolute atomic E-state index is 0.122. The van der Waals surface area contributed by atoms with Gasteiger partial charge < -0.3 is 9.26 Å². The predicted octanol–water partition coefficient (Wildman–Crippen LogP) is 2.14. The highest BCUT2D eigenvalue weighted by Gasteiger charge is 2.35. The molecule has 2 heterocycles. The maximum absolute atomic E-state index is 12.0. The predicted molar refractivity (Wildman–Crippen MR) is 59.2 cm³/mol. The van der Waals surface area contributed by atoms with Crippen LogP contribution in [0.2, 0.25) is 0 Å². The first-order chi connectivity index (χ1) is 7.97. The summed E-state index contributed by atoms with van der Waals surface area (Å²) in [5.41, 5.74) is -0.485. The largest absolute Gasteiger partial charge is 0.444 e. The zero-order valence-electron chi connectivity index (χ0n) is 10.3. The number of rotatable bonds is 1. The fourth-order valence-corrected chi connectivity index (χ4v) is 1.90. The van der Waals surface area contributed by atoms with Crippen molar-refractivity contribution in [3.05, 3.63) is 12.2 Å². The van der Waals surface area contributed by atoms with Gasteiger partial charge in [0.1, 0.15) is 5.60 Å². The monoisotopic (exact) mass is 239 g/mol. The molecule has 1 unspecified atom stereocenters. The van der Waals surface area contributed by atoms with E-state index in [0.717, 1.165) is 12.8 Å². The van der Waals surface area contributed by atoms with E-state index in [9.17, 15) is 4.79 Å². The Morgan fingerprint density at radius 1 is 1.59 bits per heavy atom. The average molecular weight is 239 g/mol. The number of carbonyl (C=O) groups excluding carboxylic acids is 1. The minimum Gasteiger partial charge on any atom is -0.444 e. The van der Waals surface area contributed by atoms with Gasteiger partial charge in [0, 0.05) is 6.54 Å². The van der Waals surface area contributed by atoms with Crippen molar-refractivity contribution in [1.82, 2.24) is 15.0 Å². The number of carbonyl (C=O) groups is 1. The molecular formula is C11H17N3O3. The molecule has 1 aromatic heterocycles. The zero-order valence-corrected chi connectivity index (χ0v) is 10.3. The van der Waals surface area contributed by atoms with Crippen molar-refractivity contribution in [3.8, 4) is 0 Å². The van der Waals surface area contributed by atoms with Gasteiger partial charge in [-0.15, -0.1) is 0 Å². The molecule has 94 valence electrons. The number of nitrogens with zero attached hydrogens (tertiary/aromatic N) is 3. The Balaban J connectivity index is 2.07. The third-order valence-corrected chi connectivity index (χ3v) is 2.56. The normalized spacial score (nSPS) is 20.6. The number of hydrogen-bond acceptors (Lipinski definition) is 5. The van der Waals surface area contributed by atoms with Gasteiger partial charge in [0.2, 0.25) is 6.39 Å². The second-order valence-electron chi connectivity index (χ2n) is 5.12. The van der Waals surface area contributed by atoms with Crippen LogP contribution in [0.3, 0.4) is 0 Å². The molecule has 0 aliphatic carbocycles. The third kappa shape index (κ3) is 2.75. The van der Waals surface area contributed by atoms with Crippen LogP contribution >= 0.6 is 0 Å². The van der Waals surface area contributed by atoms with Crippen LogP contribution in [0, 0.1) is 0 Å². The van der Waals surface area contributed by atoms with Gasteiger partial charge >= 0.3 is 6.09 Å². The highest BCUT2D eigenvalue weighted by Crippen LogP contribution is 2.30. The summed E-state index contributed by atoms with van der Waals surface area (Å²) in [6, 6.07) is -0.122. The van der Waals surface area contributed by atoms with Gasteiger partial charge in [-0.05, 0) is 33.6 Å². The summed E-state index contributed by atoms with van der Waals surface area (Å²) < 4.78 is 10.1. The van der Waals surface area contributed by atoms with Crippen LogP contribution in [-0.4, -0.2) is 33.3 Å². The number of hydrogen-bond donors (Lipinski definition) is 0. The summed E-state index contributed by atoms with van der Waals surface area (Å²) in [7, 11) is 0. The Labute approximate surface area is 99.9 Å². The summed E-state index contributed by atoms with van der Waals surface area (Å²) >= 11 is 0. The number of likely N-dealkylation sites (tertiary alicyclic amines) is 1. The van der Waals surface area contributed by atoms with Gasteiger partial charge in [0.25, 0.3) is 0 Å². The first-order valence-corrected chi connectivity index (χ1v) is 5.73. The lowest BCUT2D eigenvalue weighted by molar-refractivity contribution is 0.0217. The van der Waals surface area contributed by atoms with Crippen LogP contribution in [0.25, 0.3) is 0 Å². The molecule has 1 saturated heterocycles. The van der Waals surface area contributed by atoms with E-state index in [1.165, 1.54) is 6.39 Å². The van der Waals surface area contributed by atoms with E-state index in [-0.39, 0.29) is 12.1 Å². The van der Waals surface area contributed by atoms with E-state index in [2.05, 4.69) is 10.1 Å². The SMILES string of the molecule is CC(C)(C)OC(=O)N1CCCC1c1ncon1. The Bertz CT molecular complexity index is 383. The number of amides is 1. The number of ether oxygens (including phenoxy) is 1. The fraction of sp³-hybridized carbons (Fsp3) is 0.727. The highest BCUT2D eigenvalue weighted by molar-refractivity contribution is 5.69. The number of aromatic nitrogens is 2. The van der Waals surface area contributed by atoms with E-state index in [0.29, 0.717) is 12.4 Å². The van der Waals surface area contributed by atoms with Crippen LogP contribution in [0.4, 0.5) is 4.79 Å². The molecule has 0 aromatic carbocycles. The van der Waals surface area contributed by atoms with Gasteiger partial charge in [0.05, 0.1) is 6.04 Å². The molecule has 17 heavy (non-hydrogen) atoms. The molecule has 0 spiro atoms. The molecule has 0 saturated carbocycles. The summed E-state index contributed by atoms with van der Waals surface area (Å²) in [4.78, 5) is 17.6. The van der Waals surface area contributed by atoms with Gasteiger partial charge in [-0.2, -0.15) is 4.98 Å². The topological polar surface area (TPSA) is 68.5 Å². The lowest BCUT2D eigenvalue weighted by Gasteiger charge is -2.27. The molecule has 1 aromatic rings. The molecule has 0 N–H and O–H groups in total. The zero-order chi connectivity index (χ0) is 12.5. The standard InChI is InChI=1S/C11H17N3O3/c1-11(2,3)17-10(15)14-6-4-5-8(14)9-12-7-16-13-9/h7-8H,4-6H2,1-3H3. The summed E-state index contributed by atoms with van der Waals surface area (Å²) in [5, 5.41) is 3.79. The second-order valence-corrected chi connectivity index (χ2v) is 5.12. The van der Waals surface area contributed by atoms with Crippen molar-refractivity contribution in [2.45, 2.75) is 45.3 Å². The maximum atomic E-state index is 12.0. The van der Waals surface area contributed by atoms with Crippen LogP contribution in [-0.2, 0) is 4.74 Å². The van der Waals surface area contributed by atoms with Crippen LogP contribution in [0.5, 0.6) is 0 Å². The minimum atomic E-state index is -0.485. The van der Waals surface area contributed by atoms with Crippen molar-refractivity contribution in [3.63, 3.8) is 0 Å². The molecule has 0 bridgehead atoms. The maximum Gasteiger partial charge on any atom is 0.410 e. The van der Waals surface area contributed by atoms with Crippen molar-refractivity contribution in [1.29, 1.82) is 0 Å². The van der Waals surface area contributed by atoms with Gasteiger partial charge in [0.15, 0.2) is 5.82 Å². The van der Waals surface area contributed by atoms with Crippen molar-refractivity contribution >= 4 is 6.09 Å². The van der Waals surface area contributed by atoms with Gasteiger partial charge in [-0.1, -0.05) is 5.16 Å². The van der Waals surface area contributed by atoms with E-state index in [4.69, 9.17) is 9.26 Å². The summed E-state index contributed by atoms with van der Waals surface area (Å²) in [6.07, 6.45) is 2.74. The second kappa shape index (κ2) is 4.35. The van der Waals surface area contributed by atoms with Gasteiger partial charge in [-0.25, -0.2) is 4.79 Å². The van der Waals surface area contributed by atoms with Crippen molar-refractivity contribution < 1.29 is 14.1 Å². The molecule has 1 amide bonds. The lowest BCUT2D eigenvalue weighted by Crippen LogP contribution is -2.36. The molecule has 1 aliphatic rings. The third-order valence-electron chi connectivity index (χ3n) is 2.56. The summed E-state index contributed by atoms with van der Waals surface area (Å²) in [6.45, 7) is 6.23. The molecule has 1 aliphatic heterocycles.